The number of hydrogen-bond acceptors (Lipinski definition) is 4. The van der Waals surface area contributed by atoms with Crippen LogP contribution in [0.15, 0.2) is 0 Å². The second-order valence-corrected chi connectivity index (χ2v) is 3.19. The molecule has 1 unspecified atom stereocenters. The van der Waals surface area contributed by atoms with E-state index in [1.807, 2.05) is 13.8 Å². The van der Waals surface area contributed by atoms with Gasteiger partial charge in [0.2, 0.25) is 5.91 Å². The van der Waals surface area contributed by atoms with Crippen LogP contribution in [-0.4, -0.2) is 49.6 Å². The fourth-order valence-corrected chi connectivity index (χ4v) is 1.19. The standard InChI is InChI=1S/C10H20N2O3/c1-5-12(6-2)9(13)7-11-8(3)10(14)15-4/h8,11H,5-7H2,1-4H3. The maximum absolute atomic E-state index is 11.5. The van der Waals surface area contributed by atoms with Gasteiger partial charge in [0.25, 0.3) is 0 Å². The molecule has 0 saturated heterocycles. The zero-order valence-electron chi connectivity index (χ0n) is 9.87. The van der Waals surface area contributed by atoms with Gasteiger partial charge in [0.1, 0.15) is 6.04 Å². The Labute approximate surface area is 90.8 Å². The first-order valence-corrected chi connectivity index (χ1v) is 5.15. The minimum atomic E-state index is -0.450. The van der Waals surface area contributed by atoms with Crippen LogP contribution in [0.2, 0.25) is 0 Å². The molecule has 0 spiro atoms. The van der Waals surface area contributed by atoms with E-state index in [2.05, 4.69) is 10.1 Å². The highest BCUT2D eigenvalue weighted by atomic mass is 16.5. The number of rotatable bonds is 6. The van der Waals surface area contributed by atoms with Crippen molar-refractivity contribution >= 4 is 11.9 Å². The molecule has 5 heteroatoms. The normalized spacial score (nSPS) is 12.0. The first-order chi connectivity index (χ1) is 7.06. The van der Waals surface area contributed by atoms with Crippen LogP contribution in [0.3, 0.4) is 0 Å². The molecule has 5 nitrogen and oxygen atoms in total. The summed E-state index contributed by atoms with van der Waals surface area (Å²) >= 11 is 0. The van der Waals surface area contributed by atoms with Crippen molar-refractivity contribution in [2.24, 2.45) is 0 Å². The molecule has 88 valence electrons. The highest BCUT2D eigenvalue weighted by Gasteiger charge is 2.15. The average Bonchev–Trinajstić information content (AvgIpc) is 2.26. The maximum atomic E-state index is 11.5. The third-order valence-corrected chi connectivity index (χ3v) is 2.23. The summed E-state index contributed by atoms with van der Waals surface area (Å²) in [5, 5.41) is 2.82. The molecule has 0 aliphatic carbocycles. The number of methoxy groups -OCH3 is 1. The monoisotopic (exact) mass is 216 g/mol. The van der Waals surface area contributed by atoms with E-state index in [1.165, 1.54) is 7.11 Å². The highest BCUT2D eigenvalue weighted by molar-refractivity contribution is 5.80. The van der Waals surface area contributed by atoms with Gasteiger partial charge in [-0.15, -0.1) is 0 Å². The van der Waals surface area contributed by atoms with Crippen LogP contribution in [-0.2, 0) is 14.3 Å². The summed E-state index contributed by atoms with van der Waals surface area (Å²) in [5.74, 6) is -0.363. The summed E-state index contributed by atoms with van der Waals surface area (Å²) in [5.41, 5.74) is 0. The molecular weight excluding hydrogens is 196 g/mol. The Morgan fingerprint density at radius 2 is 1.87 bits per heavy atom. The second-order valence-electron chi connectivity index (χ2n) is 3.19. The van der Waals surface area contributed by atoms with E-state index in [0.717, 1.165) is 0 Å². The van der Waals surface area contributed by atoms with E-state index in [0.29, 0.717) is 13.1 Å². The van der Waals surface area contributed by atoms with Gasteiger partial charge < -0.3 is 9.64 Å². The first-order valence-electron chi connectivity index (χ1n) is 5.15. The maximum Gasteiger partial charge on any atom is 0.322 e. The SMILES string of the molecule is CCN(CC)C(=O)CNC(C)C(=O)OC. The van der Waals surface area contributed by atoms with Crippen LogP contribution >= 0.6 is 0 Å². The largest absolute Gasteiger partial charge is 0.468 e. The molecule has 15 heavy (non-hydrogen) atoms. The molecule has 0 aromatic rings. The fraction of sp³-hybridized carbons (Fsp3) is 0.800. The molecule has 0 bridgehead atoms. The first kappa shape index (κ1) is 13.9. The molecule has 0 radical (unpaired) electrons. The molecule has 1 amide bonds. The van der Waals surface area contributed by atoms with Crippen molar-refractivity contribution < 1.29 is 14.3 Å². The quantitative estimate of drug-likeness (QED) is 0.635. The van der Waals surface area contributed by atoms with Crippen LogP contribution in [0.4, 0.5) is 0 Å². The molecule has 0 aliphatic rings. The third kappa shape index (κ3) is 4.78. The molecule has 1 atom stereocenters. The van der Waals surface area contributed by atoms with Crippen LogP contribution in [0.1, 0.15) is 20.8 Å². The number of hydrogen-bond donors (Lipinski definition) is 1. The number of carbonyl (C=O) groups excluding carboxylic acids is 2. The highest BCUT2D eigenvalue weighted by Crippen LogP contribution is 1.90. The van der Waals surface area contributed by atoms with Gasteiger partial charge in [0.05, 0.1) is 13.7 Å². The molecule has 0 rings (SSSR count). The van der Waals surface area contributed by atoms with Crippen molar-refractivity contribution in [3.05, 3.63) is 0 Å². The average molecular weight is 216 g/mol. The van der Waals surface area contributed by atoms with Crippen molar-refractivity contribution in [1.82, 2.24) is 10.2 Å². The third-order valence-electron chi connectivity index (χ3n) is 2.23. The van der Waals surface area contributed by atoms with Crippen LogP contribution < -0.4 is 5.32 Å². The molecule has 0 aliphatic heterocycles. The van der Waals surface area contributed by atoms with E-state index in [9.17, 15) is 9.59 Å². The summed E-state index contributed by atoms with van der Waals surface area (Å²) in [7, 11) is 1.33. The van der Waals surface area contributed by atoms with Crippen molar-refractivity contribution in [3.8, 4) is 0 Å². The lowest BCUT2D eigenvalue weighted by molar-refractivity contribution is -0.142. The number of carbonyl (C=O) groups is 2. The van der Waals surface area contributed by atoms with Gasteiger partial charge in [-0.25, -0.2) is 0 Å². The minimum absolute atomic E-state index is 0.00393. The van der Waals surface area contributed by atoms with Gasteiger partial charge in [0.15, 0.2) is 0 Å². The van der Waals surface area contributed by atoms with Crippen molar-refractivity contribution in [3.63, 3.8) is 0 Å². The van der Waals surface area contributed by atoms with Crippen molar-refractivity contribution in [2.45, 2.75) is 26.8 Å². The lowest BCUT2D eigenvalue weighted by atomic mass is 10.3. The Hall–Kier alpha value is -1.10. The summed E-state index contributed by atoms with van der Waals surface area (Å²) in [6, 6.07) is -0.450. The molecule has 0 aromatic carbocycles. The van der Waals surface area contributed by atoms with Gasteiger partial charge in [-0.05, 0) is 20.8 Å². The van der Waals surface area contributed by atoms with Crippen LogP contribution in [0.25, 0.3) is 0 Å². The topological polar surface area (TPSA) is 58.6 Å². The lowest BCUT2D eigenvalue weighted by Crippen LogP contribution is -2.43. The number of amides is 1. The Morgan fingerprint density at radius 3 is 2.27 bits per heavy atom. The van der Waals surface area contributed by atoms with Gasteiger partial charge >= 0.3 is 5.97 Å². The van der Waals surface area contributed by atoms with E-state index in [-0.39, 0.29) is 18.4 Å². The van der Waals surface area contributed by atoms with Gasteiger partial charge in [-0.2, -0.15) is 0 Å². The fourth-order valence-electron chi connectivity index (χ4n) is 1.19. The minimum Gasteiger partial charge on any atom is -0.468 e. The molecular formula is C10H20N2O3. The molecule has 1 N–H and O–H groups in total. The summed E-state index contributed by atoms with van der Waals surface area (Å²) in [4.78, 5) is 24.3. The summed E-state index contributed by atoms with van der Waals surface area (Å²) in [6.45, 7) is 7.04. The van der Waals surface area contributed by atoms with E-state index in [1.54, 1.807) is 11.8 Å². The lowest BCUT2D eigenvalue weighted by Gasteiger charge is -2.19. The summed E-state index contributed by atoms with van der Waals surface area (Å²) in [6.07, 6.45) is 0. The Bertz CT molecular complexity index is 215. The molecule has 0 fully saturated rings. The number of likely N-dealkylation sites (N-methyl/N-ethyl adjacent to an activating group) is 1. The number of ether oxygens (including phenoxy) is 1. The molecule has 0 saturated carbocycles. The number of nitrogens with one attached hydrogen (secondary N) is 1. The van der Waals surface area contributed by atoms with E-state index < -0.39 is 6.04 Å². The number of nitrogens with zero attached hydrogens (tertiary/aromatic N) is 1. The van der Waals surface area contributed by atoms with E-state index in [4.69, 9.17) is 0 Å². The Kier molecular flexibility index (Phi) is 6.70. The predicted molar refractivity (Wildman–Crippen MR) is 57.4 cm³/mol. The van der Waals surface area contributed by atoms with E-state index >= 15 is 0 Å². The Balaban J connectivity index is 3.94. The smallest absolute Gasteiger partial charge is 0.322 e. The Morgan fingerprint density at radius 1 is 1.33 bits per heavy atom. The van der Waals surface area contributed by atoms with Crippen LogP contribution in [0, 0.1) is 0 Å². The predicted octanol–water partition coefficient (Wildman–Crippen LogP) is 0.00590. The zero-order valence-corrected chi connectivity index (χ0v) is 9.87. The summed E-state index contributed by atoms with van der Waals surface area (Å²) < 4.78 is 4.53. The van der Waals surface area contributed by atoms with Gasteiger partial charge in [0, 0.05) is 13.1 Å². The molecule has 0 heterocycles. The molecule has 0 aromatic heterocycles. The van der Waals surface area contributed by atoms with Gasteiger partial charge in [-0.1, -0.05) is 0 Å². The van der Waals surface area contributed by atoms with Crippen LogP contribution in [0.5, 0.6) is 0 Å². The van der Waals surface area contributed by atoms with Crippen molar-refractivity contribution in [2.75, 3.05) is 26.7 Å². The second kappa shape index (κ2) is 7.23. The zero-order chi connectivity index (χ0) is 11.8. The van der Waals surface area contributed by atoms with Gasteiger partial charge in [-0.3, -0.25) is 14.9 Å². The van der Waals surface area contributed by atoms with Crippen molar-refractivity contribution in [1.29, 1.82) is 0 Å². The number of esters is 1.